The number of hydrogen-bond donors (Lipinski definition) is 0. The summed E-state index contributed by atoms with van der Waals surface area (Å²) in [6, 6.07) is 16.5. The molecule has 0 saturated carbocycles. The number of carbonyl (C=O) groups is 2. The Hall–Kier alpha value is -2.39. The van der Waals surface area contributed by atoms with Gasteiger partial charge in [-0.1, -0.05) is 30.3 Å². The summed E-state index contributed by atoms with van der Waals surface area (Å²) in [6.07, 6.45) is -0.123. The number of fused-ring (bicyclic) bond motifs is 1. The Morgan fingerprint density at radius 3 is 2.08 bits per heavy atom. The first-order valence-electron chi connectivity index (χ1n) is 7.68. The molecule has 0 radical (unpaired) electrons. The molecule has 0 fully saturated rings. The third-order valence-corrected chi connectivity index (χ3v) is 4.73. The van der Waals surface area contributed by atoms with Gasteiger partial charge >= 0.3 is 0 Å². The fraction of sp³-hybridized carbons (Fsp3) is 0.222. The van der Waals surface area contributed by atoms with E-state index < -0.39 is 7.14 Å². The monoisotopic (exact) mass is 342 g/mol. The molecule has 0 N–H and O–H groups in total. The lowest BCUT2D eigenvalue weighted by Gasteiger charge is -2.26. The first kappa shape index (κ1) is 16.5. The summed E-state index contributed by atoms with van der Waals surface area (Å²) in [6.45, 7) is 3.29. The number of amides is 2. The minimum absolute atomic E-state index is 0.124. The third kappa shape index (κ3) is 3.26. The number of anilines is 3. The van der Waals surface area contributed by atoms with E-state index in [0.29, 0.717) is 17.1 Å². The highest BCUT2D eigenvalue weighted by atomic mass is 31.2. The van der Waals surface area contributed by atoms with Crippen LogP contribution in [-0.2, 0) is 14.2 Å². The molecule has 2 amide bonds. The minimum atomic E-state index is -2.48. The van der Waals surface area contributed by atoms with Crippen LogP contribution in [-0.4, -0.2) is 31.4 Å². The number of benzene rings is 2. The van der Waals surface area contributed by atoms with E-state index in [9.17, 15) is 14.2 Å². The SMILES string of the molecule is CP(C)(=O)CN1C(=O)CC(=O)N(c2ccccc2)c2ccccc21. The van der Waals surface area contributed by atoms with Crippen LogP contribution in [0.4, 0.5) is 17.1 Å². The van der Waals surface area contributed by atoms with Crippen LogP contribution in [0.5, 0.6) is 0 Å². The zero-order chi connectivity index (χ0) is 17.3. The van der Waals surface area contributed by atoms with Crippen molar-refractivity contribution in [3.8, 4) is 0 Å². The largest absolute Gasteiger partial charge is 0.322 e. The van der Waals surface area contributed by atoms with Gasteiger partial charge in [0, 0.05) is 5.69 Å². The molecule has 0 atom stereocenters. The highest BCUT2D eigenvalue weighted by Crippen LogP contribution is 2.43. The van der Waals surface area contributed by atoms with Gasteiger partial charge in [0.2, 0.25) is 11.8 Å². The van der Waals surface area contributed by atoms with Gasteiger partial charge in [-0.15, -0.1) is 0 Å². The Balaban J connectivity index is 2.16. The van der Waals surface area contributed by atoms with E-state index in [1.807, 2.05) is 48.5 Å². The van der Waals surface area contributed by atoms with E-state index in [0.717, 1.165) is 0 Å². The molecule has 3 rings (SSSR count). The summed E-state index contributed by atoms with van der Waals surface area (Å²) in [5, 5.41) is 0. The van der Waals surface area contributed by atoms with Gasteiger partial charge in [-0.3, -0.25) is 14.5 Å². The van der Waals surface area contributed by atoms with Crippen LogP contribution in [0.25, 0.3) is 0 Å². The van der Waals surface area contributed by atoms with Crippen LogP contribution in [0, 0.1) is 0 Å². The van der Waals surface area contributed by atoms with Crippen molar-refractivity contribution in [2.75, 3.05) is 29.4 Å². The van der Waals surface area contributed by atoms with Crippen molar-refractivity contribution in [3.05, 3.63) is 54.6 Å². The fourth-order valence-corrected chi connectivity index (χ4v) is 3.80. The molecular formula is C18H19N2O3P. The summed E-state index contributed by atoms with van der Waals surface area (Å²) in [7, 11) is -2.48. The summed E-state index contributed by atoms with van der Waals surface area (Å²) < 4.78 is 12.3. The number of para-hydroxylation sites is 3. The van der Waals surface area contributed by atoms with Crippen molar-refractivity contribution in [2.24, 2.45) is 0 Å². The van der Waals surface area contributed by atoms with Crippen LogP contribution < -0.4 is 9.80 Å². The third-order valence-electron chi connectivity index (χ3n) is 3.76. The van der Waals surface area contributed by atoms with Crippen LogP contribution in [0.15, 0.2) is 54.6 Å². The van der Waals surface area contributed by atoms with E-state index in [2.05, 4.69) is 0 Å². The van der Waals surface area contributed by atoms with Crippen molar-refractivity contribution in [1.82, 2.24) is 0 Å². The predicted octanol–water partition coefficient (Wildman–Crippen LogP) is 3.67. The van der Waals surface area contributed by atoms with E-state index in [1.165, 1.54) is 4.90 Å². The molecule has 2 aromatic carbocycles. The van der Waals surface area contributed by atoms with Gasteiger partial charge in [0.05, 0.1) is 17.7 Å². The van der Waals surface area contributed by atoms with Crippen molar-refractivity contribution in [3.63, 3.8) is 0 Å². The molecule has 6 heteroatoms. The lowest BCUT2D eigenvalue weighted by Crippen LogP contribution is -2.32. The number of carbonyl (C=O) groups excluding carboxylic acids is 2. The highest BCUT2D eigenvalue weighted by molar-refractivity contribution is 7.62. The van der Waals surface area contributed by atoms with Crippen molar-refractivity contribution >= 4 is 36.0 Å². The Labute approximate surface area is 141 Å². The summed E-state index contributed by atoms with van der Waals surface area (Å²) in [5.74, 6) is -0.613. The lowest BCUT2D eigenvalue weighted by molar-refractivity contribution is -0.125. The van der Waals surface area contributed by atoms with Gasteiger partial charge in [0.1, 0.15) is 13.6 Å². The van der Waals surface area contributed by atoms with Crippen molar-refractivity contribution < 1.29 is 14.2 Å². The maximum atomic E-state index is 12.7. The van der Waals surface area contributed by atoms with Gasteiger partial charge in [-0.2, -0.15) is 0 Å². The molecule has 0 bridgehead atoms. The Morgan fingerprint density at radius 1 is 0.875 bits per heavy atom. The number of nitrogens with zero attached hydrogens (tertiary/aromatic N) is 2. The molecule has 1 heterocycles. The molecular weight excluding hydrogens is 323 g/mol. The van der Waals surface area contributed by atoms with E-state index in [1.54, 1.807) is 24.3 Å². The van der Waals surface area contributed by atoms with E-state index in [4.69, 9.17) is 0 Å². The van der Waals surface area contributed by atoms with Crippen LogP contribution in [0.2, 0.25) is 0 Å². The zero-order valence-corrected chi connectivity index (χ0v) is 14.6. The molecule has 0 aromatic heterocycles. The van der Waals surface area contributed by atoms with E-state index >= 15 is 0 Å². The van der Waals surface area contributed by atoms with Crippen LogP contribution in [0.1, 0.15) is 6.42 Å². The molecule has 1 aliphatic heterocycles. The molecule has 0 unspecified atom stereocenters. The number of hydrogen-bond acceptors (Lipinski definition) is 3. The molecule has 0 spiro atoms. The lowest BCUT2D eigenvalue weighted by atomic mass is 10.2. The second-order valence-corrected chi connectivity index (χ2v) is 9.70. The van der Waals surface area contributed by atoms with Crippen molar-refractivity contribution in [1.29, 1.82) is 0 Å². The Bertz CT molecular complexity index is 829. The summed E-state index contributed by atoms with van der Waals surface area (Å²) in [5.41, 5.74) is 1.95. The molecule has 24 heavy (non-hydrogen) atoms. The summed E-state index contributed by atoms with van der Waals surface area (Å²) in [4.78, 5) is 28.3. The zero-order valence-electron chi connectivity index (χ0n) is 13.7. The molecule has 124 valence electrons. The molecule has 1 aliphatic rings. The summed E-state index contributed by atoms with van der Waals surface area (Å²) >= 11 is 0. The van der Waals surface area contributed by atoms with Gasteiger partial charge in [0.25, 0.3) is 0 Å². The Morgan fingerprint density at radius 2 is 1.46 bits per heavy atom. The van der Waals surface area contributed by atoms with Crippen molar-refractivity contribution in [2.45, 2.75) is 6.42 Å². The minimum Gasteiger partial charge on any atom is -0.322 e. The molecule has 5 nitrogen and oxygen atoms in total. The maximum Gasteiger partial charge on any atom is 0.241 e. The molecule has 0 aliphatic carbocycles. The van der Waals surface area contributed by atoms with Gasteiger partial charge in [-0.25, -0.2) is 0 Å². The average molecular weight is 342 g/mol. The molecule has 2 aromatic rings. The first-order chi connectivity index (χ1) is 11.4. The molecule has 0 saturated heterocycles. The van der Waals surface area contributed by atoms with Crippen LogP contribution >= 0.6 is 7.14 Å². The first-order valence-corrected chi connectivity index (χ1v) is 10.5. The quantitative estimate of drug-likeness (QED) is 0.632. The normalized spacial score (nSPS) is 15.2. The maximum absolute atomic E-state index is 12.7. The standard InChI is InChI=1S/C18H19N2O3P/c1-24(2,23)13-19-15-10-6-7-11-16(15)20(18(22)12-17(19)21)14-8-4-3-5-9-14/h3-11H,12-13H2,1-2H3. The number of rotatable bonds is 3. The predicted molar refractivity (Wildman–Crippen MR) is 96.5 cm³/mol. The van der Waals surface area contributed by atoms with Gasteiger partial charge < -0.3 is 9.46 Å². The second-order valence-electron chi connectivity index (χ2n) is 6.27. The van der Waals surface area contributed by atoms with Gasteiger partial charge in [-0.05, 0) is 37.6 Å². The van der Waals surface area contributed by atoms with Gasteiger partial charge in [0.15, 0.2) is 0 Å². The smallest absolute Gasteiger partial charge is 0.241 e. The van der Waals surface area contributed by atoms with Crippen LogP contribution in [0.3, 0.4) is 0 Å². The fourth-order valence-electron chi connectivity index (χ4n) is 2.81. The average Bonchev–Trinajstić information content (AvgIpc) is 2.62. The second kappa shape index (κ2) is 6.25. The highest BCUT2D eigenvalue weighted by Gasteiger charge is 2.33. The van der Waals surface area contributed by atoms with E-state index in [-0.39, 0.29) is 24.5 Å². The topological polar surface area (TPSA) is 57.7 Å². The Kier molecular flexibility index (Phi) is 4.29.